The van der Waals surface area contributed by atoms with Crippen LogP contribution in [0.2, 0.25) is 0 Å². The number of methoxy groups -OCH3 is 1. The van der Waals surface area contributed by atoms with E-state index in [1.54, 1.807) is 26.2 Å². The largest absolute Gasteiger partial charge is 0.495 e. The van der Waals surface area contributed by atoms with Crippen molar-refractivity contribution in [2.75, 3.05) is 12.4 Å². The molecule has 0 aliphatic carbocycles. The lowest BCUT2D eigenvalue weighted by molar-refractivity contribution is -0.115. The van der Waals surface area contributed by atoms with Crippen LogP contribution in [0.25, 0.3) is 11.5 Å². The molecule has 2 aromatic carbocycles. The molecule has 3 rings (SSSR count). The monoisotopic (exact) mass is 433 g/mol. The molecule has 1 unspecified atom stereocenters. The van der Waals surface area contributed by atoms with E-state index in [-0.39, 0.29) is 5.91 Å². The number of nitrogens with zero attached hydrogens (tertiary/aromatic N) is 2. The van der Waals surface area contributed by atoms with Crippen molar-refractivity contribution in [1.82, 2.24) is 10.2 Å². The number of thioether (sulfide) groups is 1. The smallest absolute Gasteiger partial charge is 0.277 e. The second-order valence-corrected chi connectivity index (χ2v) is 7.45. The van der Waals surface area contributed by atoms with Crippen LogP contribution in [0.1, 0.15) is 6.92 Å². The van der Waals surface area contributed by atoms with Gasteiger partial charge < -0.3 is 14.5 Å². The van der Waals surface area contributed by atoms with Crippen LogP contribution in [0.15, 0.2) is 62.6 Å². The average Bonchev–Trinajstić information content (AvgIpc) is 3.10. The van der Waals surface area contributed by atoms with Gasteiger partial charge in [0.05, 0.1) is 23.6 Å². The normalized spacial score (nSPS) is 11.8. The van der Waals surface area contributed by atoms with E-state index < -0.39 is 5.25 Å². The molecular weight excluding hydrogens is 418 g/mol. The van der Waals surface area contributed by atoms with Gasteiger partial charge in [0.15, 0.2) is 0 Å². The van der Waals surface area contributed by atoms with E-state index in [1.165, 1.54) is 11.8 Å². The minimum absolute atomic E-state index is 0.180. The summed E-state index contributed by atoms with van der Waals surface area (Å²) in [6, 6.07) is 14.8. The number of hydrogen-bond donors (Lipinski definition) is 1. The predicted octanol–water partition coefficient (Wildman–Crippen LogP) is 4.63. The quantitative estimate of drug-likeness (QED) is 0.571. The van der Waals surface area contributed by atoms with Crippen LogP contribution in [0.5, 0.6) is 5.75 Å². The molecule has 8 heteroatoms. The molecular formula is C18H16BrN3O3S. The van der Waals surface area contributed by atoms with Gasteiger partial charge in [-0.3, -0.25) is 4.79 Å². The third-order valence-electron chi connectivity index (χ3n) is 3.52. The Morgan fingerprint density at radius 2 is 1.92 bits per heavy atom. The molecule has 0 aliphatic heterocycles. The average molecular weight is 434 g/mol. The van der Waals surface area contributed by atoms with Crippen LogP contribution in [-0.4, -0.2) is 28.5 Å². The number of hydrogen-bond acceptors (Lipinski definition) is 6. The molecule has 1 amide bonds. The second kappa shape index (κ2) is 8.37. The summed E-state index contributed by atoms with van der Waals surface area (Å²) in [6.07, 6.45) is 0. The molecule has 0 fully saturated rings. The first-order valence-electron chi connectivity index (χ1n) is 7.77. The van der Waals surface area contributed by atoms with Gasteiger partial charge in [-0.1, -0.05) is 36.0 Å². The van der Waals surface area contributed by atoms with Crippen molar-refractivity contribution >= 4 is 39.3 Å². The number of carbonyl (C=O) groups is 1. The van der Waals surface area contributed by atoms with E-state index in [9.17, 15) is 4.79 Å². The van der Waals surface area contributed by atoms with Gasteiger partial charge in [-0.2, -0.15) is 0 Å². The van der Waals surface area contributed by atoms with E-state index >= 15 is 0 Å². The highest BCUT2D eigenvalue weighted by Gasteiger charge is 2.20. The first kappa shape index (κ1) is 18.5. The molecule has 26 heavy (non-hydrogen) atoms. The number of amides is 1. The van der Waals surface area contributed by atoms with Crippen molar-refractivity contribution in [1.29, 1.82) is 0 Å². The van der Waals surface area contributed by atoms with Gasteiger partial charge in [0, 0.05) is 4.47 Å². The molecule has 0 aliphatic rings. The first-order valence-corrected chi connectivity index (χ1v) is 9.44. The summed E-state index contributed by atoms with van der Waals surface area (Å²) in [5.74, 6) is 0.824. The molecule has 0 spiro atoms. The maximum Gasteiger partial charge on any atom is 0.277 e. The predicted molar refractivity (Wildman–Crippen MR) is 104 cm³/mol. The third-order valence-corrected chi connectivity index (χ3v) is 5.15. The Morgan fingerprint density at radius 3 is 2.69 bits per heavy atom. The fraction of sp³-hybridized carbons (Fsp3) is 0.167. The fourth-order valence-electron chi connectivity index (χ4n) is 2.19. The van der Waals surface area contributed by atoms with Gasteiger partial charge in [-0.05, 0) is 47.1 Å². The molecule has 1 aromatic heterocycles. The van der Waals surface area contributed by atoms with Gasteiger partial charge >= 0.3 is 0 Å². The number of ether oxygens (including phenoxy) is 1. The van der Waals surface area contributed by atoms with Crippen LogP contribution in [0.3, 0.4) is 0 Å². The van der Waals surface area contributed by atoms with E-state index in [1.807, 2.05) is 36.4 Å². The molecule has 0 bridgehead atoms. The number of rotatable bonds is 6. The highest BCUT2D eigenvalue weighted by Crippen LogP contribution is 2.31. The van der Waals surface area contributed by atoms with Crippen molar-refractivity contribution in [3.63, 3.8) is 0 Å². The Kier molecular flexibility index (Phi) is 5.95. The van der Waals surface area contributed by atoms with Gasteiger partial charge in [-0.15, -0.1) is 10.2 Å². The third kappa shape index (κ3) is 4.25. The molecule has 3 aromatic rings. The van der Waals surface area contributed by atoms with Gasteiger partial charge in [0.1, 0.15) is 5.75 Å². The Bertz CT molecular complexity index is 916. The summed E-state index contributed by atoms with van der Waals surface area (Å²) >= 11 is 4.65. The molecule has 1 N–H and O–H groups in total. The minimum atomic E-state index is -0.424. The molecule has 1 heterocycles. The van der Waals surface area contributed by atoms with E-state index in [0.29, 0.717) is 22.6 Å². The molecule has 134 valence electrons. The standard InChI is InChI=1S/C18H16BrN3O3S/c1-11(16(23)20-14-9-5-6-10-15(14)24-2)26-18-22-21-17(25-18)12-7-3-4-8-13(12)19/h3-11H,1-2H3,(H,20,23). The lowest BCUT2D eigenvalue weighted by atomic mass is 10.2. The number of nitrogens with one attached hydrogen (secondary N) is 1. The highest BCUT2D eigenvalue weighted by molar-refractivity contribution is 9.10. The van der Waals surface area contributed by atoms with Crippen molar-refractivity contribution in [2.45, 2.75) is 17.4 Å². The van der Waals surface area contributed by atoms with Crippen molar-refractivity contribution in [2.24, 2.45) is 0 Å². The summed E-state index contributed by atoms with van der Waals surface area (Å²) in [5.41, 5.74) is 1.42. The zero-order valence-electron chi connectivity index (χ0n) is 14.1. The lowest BCUT2D eigenvalue weighted by Gasteiger charge is -2.12. The number of halogens is 1. The SMILES string of the molecule is COc1ccccc1NC(=O)C(C)Sc1nnc(-c2ccccc2Br)o1. The lowest BCUT2D eigenvalue weighted by Crippen LogP contribution is -2.22. The Hall–Kier alpha value is -2.32. The van der Waals surface area contributed by atoms with Crippen LogP contribution in [0.4, 0.5) is 5.69 Å². The van der Waals surface area contributed by atoms with Crippen molar-refractivity contribution in [3.8, 4) is 17.2 Å². The van der Waals surface area contributed by atoms with E-state index in [2.05, 4.69) is 31.4 Å². The Balaban J connectivity index is 1.67. The van der Waals surface area contributed by atoms with Gasteiger partial charge in [0.2, 0.25) is 11.8 Å². The maximum atomic E-state index is 12.4. The number of para-hydroxylation sites is 2. The second-order valence-electron chi connectivity index (χ2n) is 5.30. The Labute approximate surface area is 163 Å². The highest BCUT2D eigenvalue weighted by atomic mass is 79.9. The minimum Gasteiger partial charge on any atom is -0.495 e. The summed E-state index contributed by atoms with van der Waals surface area (Å²) < 4.78 is 11.8. The Morgan fingerprint density at radius 1 is 1.19 bits per heavy atom. The zero-order chi connectivity index (χ0) is 18.5. The van der Waals surface area contributed by atoms with Crippen molar-refractivity contribution in [3.05, 3.63) is 53.0 Å². The summed E-state index contributed by atoms with van der Waals surface area (Å²) in [6.45, 7) is 1.78. The molecule has 0 saturated carbocycles. The molecule has 1 atom stereocenters. The summed E-state index contributed by atoms with van der Waals surface area (Å²) in [4.78, 5) is 12.4. The topological polar surface area (TPSA) is 77.2 Å². The molecule has 0 saturated heterocycles. The summed E-state index contributed by atoms with van der Waals surface area (Å²) in [5, 5.41) is 10.8. The fourth-order valence-corrected chi connectivity index (χ4v) is 3.33. The summed E-state index contributed by atoms with van der Waals surface area (Å²) in [7, 11) is 1.56. The molecule has 0 radical (unpaired) electrons. The van der Waals surface area contributed by atoms with Crippen LogP contribution >= 0.6 is 27.7 Å². The van der Waals surface area contributed by atoms with Crippen molar-refractivity contribution < 1.29 is 13.9 Å². The number of anilines is 1. The van der Waals surface area contributed by atoms with Gasteiger partial charge in [0.25, 0.3) is 5.22 Å². The number of benzene rings is 2. The van der Waals surface area contributed by atoms with Crippen LogP contribution in [0, 0.1) is 0 Å². The molecule has 6 nitrogen and oxygen atoms in total. The van der Waals surface area contributed by atoms with E-state index in [0.717, 1.165) is 10.0 Å². The van der Waals surface area contributed by atoms with E-state index in [4.69, 9.17) is 9.15 Å². The number of carbonyl (C=O) groups excluding carboxylic acids is 1. The maximum absolute atomic E-state index is 12.4. The zero-order valence-corrected chi connectivity index (χ0v) is 16.5. The van der Waals surface area contributed by atoms with Crippen LogP contribution in [-0.2, 0) is 4.79 Å². The first-order chi connectivity index (χ1) is 12.6. The van der Waals surface area contributed by atoms with Crippen LogP contribution < -0.4 is 10.1 Å². The number of aromatic nitrogens is 2. The van der Waals surface area contributed by atoms with Gasteiger partial charge in [-0.25, -0.2) is 0 Å².